The summed E-state index contributed by atoms with van der Waals surface area (Å²) in [5.41, 5.74) is 4.63. The maximum Gasteiger partial charge on any atom is 0.0876 e. The van der Waals surface area contributed by atoms with E-state index in [0.717, 1.165) is 50.2 Å². The van der Waals surface area contributed by atoms with Crippen molar-refractivity contribution in [3.8, 4) is 0 Å². The molecule has 0 saturated carbocycles. The molecule has 4 nitrogen and oxygen atoms in total. The molecule has 1 aromatic rings. The fourth-order valence-electron chi connectivity index (χ4n) is 2.59. The van der Waals surface area contributed by atoms with Gasteiger partial charge in [-0.1, -0.05) is 13.8 Å². The van der Waals surface area contributed by atoms with E-state index in [1.807, 2.05) is 13.2 Å². The van der Waals surface area contributed by atoms with Gasteiger partial charge < -0.3 is 10.1 Å². The largest absolute Gasteiger partial charge is 0.501 e. The molecule has 0 fully saturated rings. The second kappa shape index (κ2) is 7.39. The zero-order valence-corrected chi connectivity index (χ0v) is 12.8. The van der Waals surface area contributed by atoms with E-state index in [0.29, 0.717) is 0 Å². The van der Waals surface area contributed by atoms with Gasteiger partial charge in [0.05, 0.1) is 30.3 Å². The van der Waals surface area contributed by atoms with Crippen LogP contribution in [0.5, 0.6) is 0 Å². The smallest absolute Gasteiger partial charge is 0.0876 e. The predicted octanol–water partition coefficient (Wildman–Crippen LogP) is 3.08. The van der Waals surface area contributed by atoms with E-state index in [9.17, 15) is 0 Å². The Morgan fingerprint density at radius 3 is 2.85 bits per heavy atom. The normalized spacial score (nSPS) is 16.4. The molecule has 1 atom stereocenters. The third-order valence-corrected chi connectivity index (χ3v) is 3.60. The molecule has 2 rings (SSSR count). The van der Waals surface area contributed by atoms with Gasteiger partial charge in [-0.15, -0.1) is 0 Å². The minimum atomic E-state index is 0.208. The highest BCUT2D eigenvalue weighted by Crippen LogP contribution is 2.29. The molecule has 1 unspecified atom stereocenters. The minimum Gasteiger partial charge on any atom is -0.501 e. The van der Waals surface area contributed by atoms with Gasteiger partial charge >= 0.3 is 0 Å². The number of nitrogens with zero attached hydrogens (tertiary/aromatic N) is 2. The molecule has 0 saturated heterocycles. The minimum absolute atomic E-state index is 0.208. The zero-order valence-electron chi connectivity index (χ0n) is 12.8. The van der Waals surface area contributed by atoms with E-state index in [4.69, 9.17) is 4.74 Å². The van der Waals surface area contributed by atoms with Crippen molar-refractivity contribution in [2.45, 2.75) is 52.5 Å². The highest BCUT2D eigenvalue weighted by atomic mass is 16.5. The summed E-state index contributed by atoms with van der Waals surface area (Å²) in [7, 11) is 0. The number of ether oxygens (including phenoxy) is 1. The van der Waals surface area contributed by atoms with Crippen LogP contribution in [0.4, 0.5) is 0 Å². The van der Waals surface area contributed by atoms with Gasteiger partial charge in [-0.25, -0.2) is 0 Å². The lowest BCUT2D eigenvalue weighted by Crippen LogP contribution is -2.27. The van der Waals surface area contributed by atoms with Crippen molar-refractivity contribution >= 4 is 0 Å². The Kier molecular flexibility index (Phi) is 5.53. The Hall–Kier alpha value is -1.42. The molecule has 1 aliphatic heterocycles. The second-order valence-corrected chi connectivity index (χ2v) is 5.30. The SMILES string of the molecule is CCCNC(C1=COCCC1)c1cc(C)nnc1CC. The van der Waals surface area contributed by atoms with Crippen molar-refractivity contribution < 1.29 is 4.74 Å². The number of rotatable bonds is 6. The highest BCUT2D eigenvalue weighted by molar-refractivity contribution is 5.32. The van der Waals surface area contributed by atoms with Crippen molar-refractivity contribution in [3.05, 3.63) is 34.9 Å². The third kappa shape index (κ3) is 3.57. The Morgan fingerprint density at radius 2 is 2.20 bits per heavy atom. The molecule has 0 radical (unpaired) electrons. The van der Waals surface area contributed by atoms with Crippen molar-refractivity contribution in [3.63, 3.8) is 0 Å². The van der Waals surface area contributed by atoms with E-state index in [1.165, 1.54) is 11.1 Å². The molecule has 110 valence electrons. The Bertz CT molecular complexity index is 471. The number of aromatic nitrogens is 2. The van der Waals surface area contributed by atoms with Crippen molar-refractivity contribution in [1.29, 1.82) is 0 Å². The van der Waals surface area contributed by atoms with E-state index in [-0.39, 0.29) is 6.04 Å². The number of nitrogens with one attached hydrogen (secondary N) is 1. The molecule has 0 aliphatic carbocycles. The van der Waals surface area contributed by atoms with Crippen molar-refractivity contribution in [2.24, 2.45) is 0 Å². The third-order valence-electron chi connectivity index (χ3n) is 3.60. The standard InChI is InChI=1S/C16H25N3O/c1-4-8-17-16(13-7-6-9-20-11-13)14-10-12(3)18-19-15(14)5-2/h10-11,16-17H,4-9H2,1-3H3. The van der Waals surface area contributed by atoms with E-state index < -0.39 is 0 Å². The first-order valence-electron chi connectivity index (χ1n) is 7.63. The van der Waals surface area contributed by atoms with Crippen molar-refractivity contribution in [1.82, 2.24) is 15.5 Å². The molecule has 0 bridgehead atoms. The molecule has 1 aromatic heterocycles. The first-order chi connectivity index (χ1) is 9.76. The lowest BCUT2D eigenvalue weighted by Gasteiger charge is -2.26. The Labute approximate surface area is 121 Å². The van der Waals surface area contributed by atoms with Crippen LogP contribution >= 0.6 is 0 Å². The summed E-state index contributed by atoms with van der Waals surface area (Å²) >= 11 is 0. The molecule has 0 amide bonds. The number of hydrogen-bond acceptors (Lipinski definition) is 4. The molecule has 0 spiro atoms. The second-order valence-electron chi connectivity index (χ2n) is 5.30. The molecule has 1 aliphatic rings. The summed E-state index contributed by atoms with van der Waals surface area (Å²) < 4.78 is 5.53. The van der Waals surface area contributed by atoms with Crippen LogP contribution < -0.4 is 5.32 Å². The molecular formula is C16H25N3O. The molecule has 1 N–H and O–H groups in total. The predicted molar refractivity (Wildman–Crippen MR) is 80.5 cm³/mol. The topological polar surface area (TPSA) is 47.0 Å². The van der Waals surface area contributed by atoms with Gasteiger partial charge in [0.25, 0.3) is 0 Å². The highest BCUT2D eigenvalue weighted by Gasteiger charge is 2.22. The summed E-state index contributed by atoms with van der Waals surface area (Å²) in [6.07, 6.45) is 6.14. The zero-order chi connectivity index (χ0) is 14.4. The first kappa shape index (κ1) is 15.0. The van der Waals surface area contributed by atoms with Gasteiger partial charge in [-0.2, -0.15) is 10.2 Å². The Morgan fingerprint density at radius 1 is 1.35 bits per heavy atom. The lowest BCUT2D eigenvalue weighted by atomic mass is 9.93. The maximum absolute atomic E-state index is 5.53. The van der Waals surface area contributed by atoms with Crippen LogP contribution in [0.25, 0.3) is 0 Å². The van der Waals surface area contributed by atoms with Gasteiger partial charge in [-0.05, 0) is 56.4 Å². The summed E-state index contributed by atoms with van der Waals surface area (Å²) in [6.45, 7) is 8.14. The van der Waals surface area contributed by atoms with Crippen LogP contribution in [0.2, 0.25) is 0 Å². The first-order valence-corrected chi connectivity index (χ1v) is 7.63. The average molecular weight is 275 g/mol. The summed E-state index contributed by atoms with van der Waals surface area (Å²) in [4.78, 5) is 0. The fourth-order valence-corrected chi connectivity index (χ4v) is 2.59. The van der Waals surface area contributed by atoms with E-state index >= 15 is 0 Å². The van der Waals surface area contributed by atoms with Gasteiger partial charge in [-0.3, -0.25) is 0 Å². The van der Waals surface area contributed by atoms with Crippen LogP contribution in [0.3, 0.4) is 0 Å². The van der Waals surface area contributed by atoms with E-state index in [1.54, 1.807) is 0 Å². The van der Waals surface area contributed by atoms with E-state index in [2.05, 4.69) is 35.4 Å². The molecule has 2 heterocycles. The van der Waals surface area contributed by atoms with Crippen LogP contribution in [0, 0.1) is 6.92 Å². The van der Waals surface area contributed by atoms with Gasteiger partial charge in [0.15, 0.2) is 0 Å². The molecular weight excluding hydrogens is 250 g/mol. The molecule has 4 heteroatoms. The molecule has 20 heavy (non-hydrogen) atoms. The van der Waals surface area contributed by atoms with Gasteiger partial charge in [0.1, 0.15) is 0 Å². The van der Waals surface area contributed by atoms with Crippen LogP contribution in [0.15, 0.2) is 17.9 Å². The maximum atomic E-state index is 5.53. The monoisotopic (exact) mass is 275 g/mol. The summed E-state index contributed by atoms with van der Waals surface area (Å²) in [5, 5.41) is 12.2. The Balaban J connectivity index is 2.34. The van der Waals surface area contributed by atoms with Crippen molar-refractivity contribution in [2.75, 3.05) is 13.2 Å². The average Bonchev–Trinajstić information content (AvgIpc) is 2.49. The van der Waals surface area contributed by atoms with Gasteiger partial charge in [0.2, 0.25) is 0 Å². The summed E-state index contributed by atoms with van der Waals surface area (Å²) in [5.74, 6) is 0. The fraction of sp³-hybridized carbons (Fsp3) is 0.625. The van der Waals surface area contributed by atoms with Crippen LogP contribution in [-0.2, 0) is 11.2 Å². The van der Waals surface area contributed by atoms with Gasteiger partial charge in [0, 0.05) is 0 Å². The number of hydrogen-bond donors (Lipinski definition) is 1. The lowest BCUT2D eigenvalue weighted by molar-refractivity contribution is 0.219. The van der Waals surface area contributed by atoms with Crippen LogP contribution in [0.1, 0.15) is 56.1 Å². The summed E-state index contributed by atoms with van der Waals surface area (Å²) in [6, 6.07) is 2.37. The van der Waals surface area contributed by atoms with Crippen LogP contribution in [-0.4, -0.2) is 23.3 Å². The molecule has 0 aromatic carbocycles. The number of aryl methyl sites for hydroxylation is 2. The quantitative estimate of drug-likeness (QED) is 0.866.